The van der Waals surface area contributed by atoms with Crippen molar-refractivity contribution in [3.63, 3.8) is 0 Å². The topological polar surface area (TPSA) is 43.4 Å². The van der Waals surface area contributed by atoms with Gasteiger partial charge in [0.2, 0.25) is 0 Å². The molecule has 0 N–H and O–H groups in total. The van der Waals surface area contributed by atoms with Gasteiger partial charge in [0.25, 0.3) is 0 Å². The largest absolute Gasteiger partial charge is 0.458 e. The van der Waals surface area contributed by atoms with Gasteiger partial charge in [-0.05, 0) is 25.0 Å². The minimum Gasteiger partial charge on any atom is -0.458 e. The molecular weight excluding hydrogens is 180 g/mol. The van der Waals surface area contributed by atoms with Crippen molar-refractivity contribution >= 4 is 12.3 Å². The van der Waals surface area contributed by atoms with Gasteiger partial charge in [0.15, 0.2) is 0 Å². The van der Waals surface area contributed by atoms with Crippen LogP contribution in [0.5, 0.6) is 0 Å². The summed E-state index contributed by atoms with van der Waals surface area (Å²) in [5.74, 6) is -0.193. The summed E-state index contributed by atoms with van der Waals surface area (Å²) in [6, 6.07) is 0. The van der Waals surface area contributed by atoms with Crippen LogP contribution in [0, 0.1) is 0 Å². The van der Waals surface area contributed by atoms with Crippen molar-refractivity contribution in [2.75, 3.05) is 0 Å². The summed E-state index contributed by atoms with van der Waals surface area (Å²) in [6.07, 6.45) is 6.36. The monoisotopic (exact) mass is 198 g/mol. The average molecular weight is 198 g/mol. The molecule has 0 rings (SSSR count). The van der Waals surface area contributed by atoms with E-state index in [-0.39, 0.29) is 12.1 Å². The van der Waals surface area contributed by atoms with Gasteiger partial charge in [-0.15, -0.1) is 0 Å². The summed E-state index contributed by atoms with van der Waals surface area (Å²) in [4.78, 5) is 21.2. The van der Waals surface area contributed by atoms with Crippen LogP contribution < -0.4 is 0 Å². The predicted molar refractivity (Wildman–Crippen MR) is 54.9 cm³/mol. The van der Waals surface area contributed by atoms with Crippen LogP contribution in [0.2, 0.25) is 0 Å². The Hall–Kier alpha value is -1.12. The molecule has 0 aliphatic heterocycles. The van der Waals surface area contributed by atoms with E-state index in [9.17, 15) is 9.59 Å². The SMILES string of the molecule is CCCC(=O)OC(C=CC=O)CCC. The van der Waals surface area contributed by atoms with E-state index < -0.39 is 0 Å². The van der Waals surface area contributed by atoms with Crippen LogP contribution in [-0.4, -0.2) is 18.4 Å². The number of allylic oxidation sites excluding steroid dienone is 1. The zero-order chi connectivity index (χ0) is 10.8. The zero-order valence-corrected chi connectivity index (χ0v) is 8.86. The second-order valence-corrected chi connectivity index (χ2v) is 3.09. The molecular formula is C11H18O3. The molecule has 0 aliphatic carbocycles. The molecule has 0 aromatic carbocycles. The molecule has 0 saturated carbocycles. The molecule has 0 saturated heterocycles. The van der Waals surface area contributed by atoms with Crippen molar-refractivity contribution in [1.82, 2.24) is 0 Å². The van der Waals surface area contributed by atoms with E-state index in [0.717, 1.165) is 19.3 Å². The minimum atomic E-state index is -0.246. The van der Waals surface area contributed by atoms with E-state index in [1.807, 2.05) is 13.8 Å². The fourth-order valence-electron chi connectivity index (χ4n) is 1.08. The fraction of sp³-hybridized carbons (Fsp3) is 0.636. The van der Waals surface area contributed by atoms with E-state index in [0.29, 0.717) is 12.7 Å². The maximum absolute atomic E-state index is 11.1. The summed E-state index contributed by atoms with van der Waals surface area (Å²) < 4.78 is 5.15. The van der Waals surface area contributed by atoms with Crippen molar-refractivity contribution in [1.29, 1.82) is 0 Å². The second-order valence-electron chi connectivity index (χ2n) is 3.09. The Bertz CT molecular complexity index is 197. The van der Waals surface area contributed by atoms with Gasteiger partial charge in [-0.3, -0.25) is 9.59 Å². The smallest absolute Gasteiger partial charge is 0.306 e. The Morgan fingerprint density at radius 3 is 2.57 bits per heavy atom. The lowest BCUT2D eigenvalue weighted by molar-refractivity contribution is -0.147. The molecule has 1 unspecified atom stereocenters. The molecule has 0 amide bonds. The van der Waals surface area contributed by atoms with Gasteiger partial charge in [-0.2, -0.15) is 0 Å². The van der Waals surface area contributed by atoms with Gasteiger partial charge >= 0.3 is 5.97 Å². The Kier molecular flexibility index (Phi) is 7.80. The van der Waals surface area contributed by atoms with Crippen LogP contribution in [0.3, 0.4) is 0 Å². The van der Waals surface area contributed by atoms with Crippen molar-refractivity contribution in [2.24, 2.45) is 0 Å². The van der Waals surface area contributed by atoms with Crippen LogP contribution in [0.4, 0.5) is 0 Å². The van der Waals surface area contributed by atoms with Gasteiger partial charge in [0.1, 0.15) is 12.4 Å². The van der Waals surface area contributed by atoms with Gasteiger partial charge in [-0.25, -0.2) is 0 Å². The molecule has 0 heterocycles. The second kappa shape index (κ2) is 8.48. The molecule has 0 spiro atoms. The lowest BCUT2D eigenvalue weighted by Gasteiger charge is -2.12. The molecule has 0 bridgehead atoms. The normalized spacial score (nSPS) is 12.7. The predicted octanol–water partition coefficient (Wildman–Crippen LogP) is 2.25. The first-order chi connectivity index (χ1) is 6.74. The van der Waals surface area contributed by atoms with Crippen molar-refractivity contribution in [2.45, 2.75) is 45.6 Å². The van der Waals surface area contributed by atoms with Crippen LogP contribution in [-0.2, 0) is 14.3 Å². The molecule has 0 aliphatic rings. The standard InChI is InChI=1S/C11H18O3/c1-3-6-10(8-5-9-12)14-11(13)7-4-2/h5,8-10H,3-4,6-7H2,1-2H3. The first kappa shape index (κ1) is 12.9. The third-order valence-electron chi connectivity index (χ3n) is 1.71. The molecule has 0 aromatic rings. The Labute approximate surface area is 85.1 Å². The number of hydrogen-bond acceptors (Lipinski definition) is 3. The van der Waals surface area contributed by atoms with Crippen molar-refractivity contribution < 1.29 is 14.3 Å². The molecule has 3 heteroatoms. The molecule has 1 atom stereocenters. The number of ether oxygens (including phenoxy) is 1. The lowest BCUT2D eigenvalue weighted by Crippen LogP contribution is -2.15. The highest BCUT2D eigenvalue weighted by atomic mass is 16.5. The van der Waals surface area contributed by atoms with E-state index in [1.165, 1.54) is 6.08 Å². The van der Waals surface area contributed by atoms with E-state index in [4.69, 9.17) is 4.74 Å². The van der Waals surface area contributed by atoms with Crippen LogP contribution in [0.25, 0.3) is 0 Å². The highest BCUT2D eigenvalue weighted by Gasteiger charge is 2.09. The summed E-state index contributed by atoms with van der Waals surface area (Å²) in [6.45, 7) is 3.94. The quantitative estimate of drug-likeness (QED) is 0.358. The number of carbonyl (C=O) groups is 2. The highest BCUT2D eigenvalue weighted by Crippen LogP contribution is 2.06. The molecule has 3 nitrogen and oxygen atoms in total. The first-order valence-electron chi connectivity index (χ1n) is 5.06. The van der Waals surface area contributed by atoms with E-state index >= 15 is 0 Å². The van der Waals surface area contributed by atoms with Gasteiger partial charge in [0, 0.05) is 6.42 Å². The van der Waals surface area contributed by atoms with Gasteiger partial charge < -0.3 is 4.74 Å². The van der Waals surface area contributed by atoms with Crippen LogP contribution >= 0.6 is 0 Å². The van der Waals surface area contributed by atoms with Crippen LogP contribution in [0.15, 0.2) is 12.2 Å². The summed E-state index contributed by atoms with van der Waals surface area (Å²) in [5.41, 5.74) is 0. The highest BCUT2D eigenvalue weighted by molar-refractivity contribution is 5.70. The number of hydrogen-bond donors (Lipinski definition) is 0. The minimum absolute atomic E-state index is 0.193. The summed E-state index contributed by atoms with van der Waals surface area (Å²) in [5, 5.41) is 0. The lowest BCUT2D eigenvalue weighted by atomic mass is 10.2. The molecule has 0 fully saturated rings. The van der Waals surface area contributed by atoms with Gasteiger partial charge in [0.05, 0.1) is 0 Å². The zero-order valence-electron chi connectivity index (χ0n) is 8.86. The van der Waals surface area contributed by atoms with E-state index in [2.05, 4.69) is 0 Å². The first-order valence-corrected chi connectivity index (χ1v) is 5.06. The molecule has 0 aromatic heterocycles. The summed E-state index contributed by atoms with van der Waals surface area (Å²) in [7, 11) is 0. The van der Waals surface area contributed by atoms with Gasteiger partial charge in [-0.1, -0.05) is 20.3 Å². The number of carbonyl (C=O) groups excluding carboxylic acids is 2. The Morgan fingerprint density at radius 1 is 1.36 bits per heavy atom. The maximum atomic E-state index is 11.1. The molecule has 0 radical (unpaired) electrons. The van der Waals surface area contributed by atoms with Crippen LogP contribution in [0.1, 0.15) is 39.5 Å². The summed E-state index contributed by atoms with van der Waals surface area (Å²) >= 11 is 0. The van der Waals surface area contributed by atoms with Crippen molar-refractivity contribution in [3.05, 3.63) is 12.2 Å². The molecule has 14 heavy (non-hydrogen) atoms. The Balaban J connectivity index is 4.00. The van der Waals surface area contributed by atoms with Crippen molar-refractivity contribution in [3.8, 4) is 0 Å². The molecule has 80 valence electrons. The third-order valence-corrected chi connectivity index (χ3v) is 1.71. The Morgan fingerprint density at radius 2 is 2.07 bits per heavy atom. The average Bonchev–Trinajstić information content (AvgIpc) is 2.15. The number of aldehydes is 1. The number of rotatable bonds is 7. The number of esters is 1. The van der Waals surface area contributed by atoms with E-state index in [1.54, 1.807) is 6.08 Å². The fourth-order valence-corrected chi connectivity index (χ4v) is 1.08. The third kappa shape index (κ3) is 6.40. The maximum Gasteiger partial charge on any atom is 0.306 e.